The van der Waals surface area contributed by atoms with Gasteiger partial charge in [0.1, 0.15) is 5.82 Å². The molecule has 0 bridgehead atoms. The molecule has 0 N–H and O–H groups in total. The van der Waals surface area contributed by atoms with E-state index in [0.29, 0.717) is 5.92 Å². The molecule has 2 saturated heterocycles. The van der Waals surface area contributed by atoms with Crippen molar-refractivity contribution in [3.8, 4) is 0 Å². The van der Waals surface area contributed by atoms with Crippen LogP contribution in [0, 0.1) is 18.7 Å². The Morgan fingerprint density at radius 2 is 2.08 bits per heavy atom. The van der Waals surface area contributed by atoms with Crippen LogP contribution in [0.15, 0.2) is 24.4 Å². The van der Waals surface area contributed by atoms with Crippen LogP contribution in [0.5, 0.6) is 0 Å². The van der Waals surface area contributed by atoms with Crippen LogP contribution in [0.25, 0.3) is 0 Å². The van der Waals surface area contributed by atoms with Gasteiger partial charge in [-0.3, -0.25) is 4.90 Å². The second kappa shape index (κ2) is 7.42. The van der Waals surface area contributed by atoms with Crippen molar-refractivity contribution in [2.45, 2.75) is 39.2 Å². The van der Waals surface area contributed by atoms with Gasteiger partial charge in [0.25, 0.3) is 0 Å². The Bertz CT molecular complexity index is 723. The summed E-state index contributed by atoms with van der Waals surface area (Å²) in [6, 6.07) is 5.69. The molecule has 2 aliphatic rings. The number of thiazole rings is 1. The third-order valence-electron chi connectivity index (χ3n) is 5.43. The zero-order chi connectivity index (χ0) is 17.2. The van der Waals surface area contributed by atoms with Crippen molar-refractivity contribution in [1.82, 2.24) is 9.88 Å². The topological polar surface area (TPSA) is 19.4 Å². The molecule has 3 nitrogen and oxygen atoms in total. The Hall–Kier alpha value is -1.46. The summed E-state index contributed by atoms with van der Waals surface area (Å²) in [7, 11) is 0. The Balaban J connectivity index is 1.31. The van der Waals surface area contributed by atoms with Gasteiger partial charge in [0.05, 0.1) is 0 Å². The summed E-state index contributed by atoms with van der Waals surface area (Å²) in [4.78, 5) is 10.9. The van der Waals surface area contributed by atoms with Gasteiger partial charge in [0.2, 0.25) is 0 Å². The first kappa shape index (κ1) is 17.0. The van der Waals surface area contributed by atoms with E-state index >= 15 is 0 Å². The van der Waals surface area contributed by atoms with Gasteiger partial charge in [-0.05, 0) is 62.3 Å². The molecule has 1 aromatic carbocycles. The molecule has 0 radical (unpaired) electrons. The highest BCUT2D eigenvalue weighted by Gasteiger charge is 2.24. The largest absolute Gasteiger partial charge is 0.348 e. The lowest BCUT2D eigenvalue weighted by Crippen LogP contribution is -2.20. The molecule has 0 amide bonds. The second-order valence-corrected chi connectivity index (χ2v) is 8.57. The van der Waals surface area contributed by atoms with Crippen LogP contribution >= 0.6 is 11.3 Å². The standard InChI is InChI=1S/C20H26FN3S/c1-15-4-5-16(11-19(15)21)10-17-6-9-23(13-17)14-18-12-22-20(25-18)24-7-2-3-8-24/h4-5,11-12,17H,2-3,6-10,13-14H2,1H3. The van der Waals surface area contributed by atoms with Gasteiger partial charge < -0.3 is 4.90 Å². The minimum atomic E-state index is -0.0774. The number of hydrogen-bond acceptors (Lipinski definition) is 4. The van der Waals surface area contributed by atoms with Gasteiger partial charge in [-0.25, -0.2) is 9.37 Å². The fourth-order valence-corrected chi connectivity index (χ4v) is 4.97. The van der Waals surface area contributed by atoms with E-state index in [1.807, 2.05) is 24.3 Å². The maximum Gasteiger partial charge on any atom is 0.185 e. The van der Waals surface area contributed by atoms with Gasteiger partial charge in [-0.2, -0.15) is 0 Å². The van der Waals surface area contributed by atoms with E-state index in [9.17, 15) is 4.39 Å². The Morgan fingerprint density at radius 3 is 2.88 bits per heavy atom. The number of likely N-dealkylation sites (tertiary alicyclic amines) is 1. The number of aromatic nitrogens is 1. The molecule has 0 aliphatic carbocycles. The lowest BCUT2D eigenvalue weighted by atomic mass is 9.98. The summed E-state index contributed by atoms with van der Waals surface area (Å²) in [5.74, 6) is 0.555. The molecule has 1 unspecified atom stereocenters. The van der Waals surface area contributed by atoms with Gasteiger partial charge in [0, 0.05) is 37.3 Å². The van der Waals surface area contributed by atoms with Crippen molar-refractivity contribution in [1.29, 1.82) is 0 Å². The molecule has 5 heteroatoms. The summed E-state index contributed by atoms with van der Waals surface area (Å²) in [5.41, 5.74) is 1.86. The lowest BCUT2D eigenvalue weighted by molar-refractivity contribution is 0.319. The van der Waals surface area contributed by atoms with Crippen LogP contribution in [-0.2, 0) is 13.0 Å². The Kier molecular flexibility index (Phi) is 5.04. The summed E-state index contributed by atoms with van der Waals surface area (Å²) >= 11 is 1.85. The van der Waals surface area contributed by atoms with Crippen molar-refractivity contribution in [2.24, 2.45) is 5.92 Å². The van der Waals surface area contributed by atoms with Crippen molar-refractivity contribution in [3.05, 3.63) is 46.2 Å². The van der Waals surface area contributed by atoms with E-state index in [0.717, 1.165) is 50.3 Å². The number of nitrogens with zero attached hydrogens (tertiary/aromatic N) is 3. The fourth-order valence-electron chi connectivity index (χ4n) is 3.97. The first-order valence-electron chi connectivity index (χ1n) is 9.34. The molecule has 2 aromatic rings. The molecule has 25 heavy (non-hydrogen) atoms. The average molecular weight is 360 g/mol. The average Bonchev–Trinajstić information content (AvgIpc) is 3.33. The zero-order valence-corrected chi connectivity index (χ0v) is 15.7. The van der Waals surface area contributed by atoms with Crippen LogP contribution in [0.2, 0.25) is 0 Å². The molecule has 0 spiro atoms. The van der Waals surface area contributed by atoms with Crippen molar-refractivity contribution in [3.63, 3.8) is 0 Å². The van der Waals surface area contributed by atoms with Crippen molar-refractivity contribution < 1.29 is 4.39 Å². The van der Waals surface area contributed by atoms with Crippen LogP contribution < -0.4 is 4.90 Å². The number of aryl methyl sites for hydroxylation is 1. The number of benzene rings is 1. The molecule has 4 rings (SSSR count). The smallest absolute Gasteiger partial charge is 0.185 e. The zero-order valence-electron chi connectivity index (χ0n) is 14.9. The summed E-state index contributed by atoms with van der Waals surface area (Å²) in [6.45, 7) is 7.38. The second-order valence-electron chi connectivity index (χ2n) is 7.48. The molecule has 1 aromatic heterocycles. The first-order valence-corrected chi connectivity index (χ1v) is 10.2. The molecule has 2 fully saturated rings. The van der Waals surface area contributed by atoms with E-state index in [-0.39, 0.29) is 5.82 Å². The Morgan fingerprint density at radius 1 is 1.24 bits per heavy atom. The van der Waals surface area contributed by atoms with E-state index in [4.69, 9.17) is 0 Å². The van der Waals surface area contributed by atoms with Gasteiger partial charge in [-0.15, -0.1) is 11.3 Å². The fraction of sp³-hybridized carbons (Fsp3) is 0.550. The first-order chi connectivity index (χ1) is 12.2. The van der Waals surface area contributed by atoms with E-state index in [2.05, 4.69) is 27.0 Å². The number of halogens is 1. The maximum atomic E-state index is 13.7. The summed E-state index contributed by atoms with van der Waals surface area (Å²) < 4.78 is 13.7. The molecular formula is C20H26FN3S. The highest BCUT2D eigenvalue weighted by Crippen LogP contribution is 2.29. The van der Waals surface area contributed by atoms with Crippen LogP contribution in [0.4, 0.5) is 9.52 Å². The van der Waals surface area contributed by atoms with Gasteiger partial charge in [0.15, 0.2) is 5.13 Å². The molecule has 134 valence electrons. The van der Waals surface area contributed by atoms with Crippen molar-refractivity contribution >= 4 is 16.5 Å². The summed E-state index contributed by atoms with van der Waals surface area (Å²) in [6.07, 6.45) is 6.83. The van der Waals surface area contributed by atoms with Crippen LogP contribution in [0.3, 0.4) is 0 Å². The predicted molar refractivity (Wildman–Crippen MR) is 102 cm³/mol. The number of anilines is 1. The number of hydrogen-bond donors (Lipinski definition) is 0. The molecule has 2 aliphatic heterocycles. The Labute approximate surface area is 153 Å². The van der Waals surface area contributed by atoms with Gasteiger partial charge >= 0.3 is 0 Å². The monoisotopic (exact) mass is 359 g/mol. The number of rotatable bonds is 5. The van der Waals surface area contributed by atoms with E-state index < -0.39 is 0 Å². The molecule has 0 saturated carbocycles. The predicted octanol–water partition coefficient (Wildman–Crippen LogP) is 4.26. The minimum absolute atomic E-state index is 0.0774. The van der Waals surface area contributed by atoms with E-state index in [1.165, 1.54) is 29.3 Å². The van der Waals surface area contributed by atoms with Crippen LogP contribution in [0.1, 0.15) is 35.3 Å². The maximum absolute atomic E-state index is 13.7. The highest BCUT2D eigenvalue weighted by atomic mass is 32.1. The third-order valence-corrected chi connectivity index (χ3v) is 6.47. The highest BCUT2D eigenvalue weighted by molar-refractivity contribution is 7.15. The lowest BCUT2D eigenvalue weighted by Gasteiger charge is -2.15. The van der Waals surface area contributed by atoms with E-state index in [1.54, 1.807) is 6.07 Å². The normalized spacial score (nSPS) is 21.4. The van der Waals surface area contributed by atoms with Crippen LogP contribution in [-0.4, -0.2) is 36.1 Å². The quantitative estimate of drug-likeness (QED) is 0.795. The molecular weight excluding hydrogens is 333 g/mol. The molecule has 1 atom stereocenters. The summed E-state index contributed by atoms with van der Waals surface area (Å²) in [5, 5.41) is 1.19. The molecule has 3 heterocycles. The third kappa shape index (κ3) is 4.04. The van der Waals surface area contributed by atoms with Gasteiger partial charge in [-0.1, -0.05) is 12.1 Å². The minimum Gasteiger partial charge on any atom is -0.348 e. The van der Waals surface area contributed by atoms with Crippen molar-refractivity contribution in [2.75, 3.05) is 31.1 Å². The SMILES string of the molecule is Cc1ccc(CC2CCN(Cc3cnc(N4CCCC4)s3)C2)cc1F.